The molecule has 0 saturated carbocycles. The van der Waals surface area contributed by atoms with E-state index in [4.69, 9.17) is 14.1 Å². The summed E-state index contributed by atoms with van der Waals surface area (Å²) < 4.78 is 10.7. The van der Waals surface area contributed by atoms with Crippen LogP contribution in [0, 0.1) is 11.3 Å². The maximum absolute atomic E-state index is 12.7. The van der Waals surface area contributed by atoms with Gasteiger partial charge in [0.15, 0.2) is 0 Å². The lowest BCUT2D eigenvalue weighted by Gasteiger charge is -2.41. The van der Waals surface area contributed by atoms with E-state index < -0.39 is 0 Å². The first-order valence-electron chi connectivity index (χ1n) is 10.1. The number of nitriles is 1. The molecule has 4 heterocycles. The summed E-state index contributed by atoms with van der Waals surface area (Å²) in [6, 6.07) is 4.10. The first-order valence-corrected chi connectivity index (χ1v) is 10.1. The fourth-order valence-electron chi connectivity index (χ4n) is 4.29. The van der Waals surface area contributed by atoms with Crippen molar-refractivity contribution in [2.45, 2.75) is 45.8 Å². The summed E-state index contributed by atoms with van der Waals surface area (Å²) in [6.07, 6.45) is 3.74. The van der Waals surface area contributed by atoms with Gasteiger partial charge < -0.3 is 19.0 Å². The predicted octanol–water partition coefficient (Wildman–Crippen LogP) is 3.09. The van der Waals surface area contributed by atoms with Crippen molar-refractivity contribution in [3.63, 3.8) is 0 Å². The molecule has 1 amide bonds. The van der Waals surface area contributed by atoms with Crippen LogP contribution in [0.4, 0.5) is 5.82 Å². The number of rotatable bonds is 3. The van der Waals surface area contributed by atoms with Crippen molar-refractivity contribution in [3.05, 3.63) is 46.5 Å². The number of aromatic nitrogens is 1. The molecule has 0 N–H and O–H groups in total. The van der Waals surface area contributed by atoms with Crippen LogP contribution in [0.3, 0.4) is 0 Å². The van der Waals surface area contributed by atoms with E-state index >= 15 is 0 Å². The highest BCUT2D eigenvalue weighted by Crippen LogP contribution is 2.34. The van der Waals surface area contributed by atoms with Crippen LogP contribution in [0.1, 0.15) is 59.4 Å². The quantitative estimate of drug-likeness (QED) is 0.796. The van der Waals surface area contributed by atoms with Gasteiger partial charge in [-0.2, -0.15) is 5.26 Å². The van der Waals surface area contributed by atoms with Gasteiger partial charge in [-0.1, -0.05) is 13.8 Å². The maximum atomic E-state index is 12.7. The van der Waals surface area contributed by atoms with Crippen LogP contribution in [0.2, 0.25) is 0 Å². The van der Waals surface area contributed by atoms with E-state index in [-0.39, 0.29) is 17.9 Å². The van der Waals surface area contributed by atoms with E-state index in [1.54, 1.807) is 6.07 Å². The number of carbonyl (C=O) groups excluding carboxylic acids is 1. The van der Waals surface area contributed by atoms with Crippen LogP contribution in [0.25, 0.3) is 0 Å². The molecule has 2 aliphatic heterocycles. The van der Waals surface area contributed by atoms with E-state index in [0.717, 1.165) is 29.1 Å². The zero-order chi connectivity index (χ0) is 20.5. The zero-order valence-electron chi connectivity index (χ0n) is 17.1. The molecule has 1 unspecified atom stereocenters. The minimum atomic E-state index is -0.0233. The molecular formula is C22H26N4O3. The van der Waals surface area contributed by atoms with Crippen molar-refractivity contribution in [3.8, 4) is 6.07 Å². The minimum Gasteiger partial charge on any atom is -0.472 e. The molecule has 1 atom stereocenters. The summed E-state index contributed by atoms with van der Waals surface area (Å²) in [7, 11) is 0. The molecule has 4 rings (SSSR count). The largest absolute Gasteiger partial charge is 0.472 e. The Balaban J connectivity index is 1.65. The van der Waals surface area contributed by atoms with E-state index in [0.29, 0.717) is 44.0 Å². The summed E-state index contributed by atoms with van der Waals surface area (Å²) >= 11 is 0. The second-order valence-corrected chi connectivity index (χ2v) is 8.03. The van der Waals surface area contributed by atoms with Crippen molar-refractivity contribution < 1.29 is 13.9 Å². The molecular weight excluding hydrogens is 368 g/mol. The Morgan fingerprint density at radius 3 is 2.83 bits per heavy atom. The second kappa shape index (κ2) is 7.88. The van der Waals surface area contributed by atoms with Crippen molar-refractivity contribution in [1.29, 1.82) is 5.26 Å². The molecule has 1 fully saturated rings. The number of carbonyl (C=O) groups is 1. The number of ether oxygens (including phenoxy) is 1. The number of hydrogen-bond acceptors (Lipinski definition) is 6. The summed E-state index contributed by atoms with van der Waals surface area (Å²) in [5, 5.41) is 9.93. The van der Waals surface area contributed by atoms with E-state index in [1.807, 2.05) is 11.8 Å². The van der Waals surface area contributed by atoms with Gasteiger partial charge in [-0.3, -0.25) is 4.79 Å². The minimum absolute atomic E-state index is 0.00126. The molecule has 1 saturated heterocycles. The van der Waals surface area contributed by atoms with Gasteiger partial charge in [-0.15, -0.1) is 0 Å². The third kappa shape index (κ3) is 3.49. The lowest BCUT2D eigenvalue weighted by molar-refractivity contribution is 0.0672. The van der Waals surface area contributed by atoms with Crippen LogP contribution >= 0.6 is 0 Å². The molecule has 2 aromatic rings. The first-order chi connectivity index (χ1) is 14.0. The monoisotopic (exact) mass is 394 g/mol. The zero-order valence-corrected chi connectivity index (χ0v) is 17.1. The SMILES string of the molecule is CC(C)c1nc(N2CCN(C(=O)c3ccoc3)C(C)C2)c(C#N)c2c1COCC2. The average Bonchev–Trinajstić information content (AvgIpc) is 3.26. The first kappa shape index (κ1) is 19.5. The lowest BCUT2D eigenvalue weighted by atomic mass is 9.92. The number of anilines is 1. The van der Waals surface area contributed by atoms with Gasteiger partial charge in [0.25, 0.3) is 5.91 Å². The van der Waals surface area contributed by atoms with Gasteiger partial charge in [-0.25, -0.2) is 4.98 Å². The van der Waals surface area contributed by atoms with Gasteiger partial charge in [0.05, 0.1) is 36.3 Å². The number of hydrogen-bond donors (Lipinski definition) is 0. The molecule has 2 aromatic heterocycles. The van der Waals surface area contributed by atoms with Crippen LogP contribution in [0.15, 0.2) is 23.0 Å². The smallest absolute Gasteiger partial charge is 0.257 e. The normalized spacial score (nSPS) is 19.2. The second-order valence-electron chi connectivity index (χ2n) is 8.03. The third-order valence-corrected chi connectivity index (χ3v) is 5.78. The van der Waals surface area contributed by atoms with Crippen LogP contribution in [-0.2, 0) is 17.8 Å². The lowest BCUT2D eigenvalue weighted by Crippen LogP contribution is -2.54. The molecule has 152 valence electrons. The Hall–Kier alpha value is -2.85. The van der Waals surface area contributed by atoms with Gasteiger partial charge in [-0.05, 0) is 30.9 Å². The standard InChI is InChI=1S/C22H26N4O3/c1-14(2)20-19-13-29-9-5-17(19)18(10-23)21(24-20)25-6-7-26(15(3)11-25)22(27)16-4-8-28-12-16/h4,8,12,14-15H,5-7,9,11,13H2,1-3H3. The van der Waals surface area contributed by atoms with E-state index in [9.17, 15) is 10.1 Å². The third-order valence-electron chi connectivity index (χ3n) is 5.78. The van der Waals surface area contributed by atoms with Crippen LogP contribution < -0.4 is 4.90 Å². The number of amides is 1. The molecule has 0 bridgehead atoms. The Morgan fingerprint density at radius 2 is 2.17 bits per heavy atom. The number of furan rings is 1. The van der Waals surface area contributed by atoms with Gasteiger partial charge in [0.1, 0.15) is 18.2 Å². The van der Waals surface area contributed by atoms with Crippen LogP contribution in [-0.4, -0.2) is 48.1 Å². The molecule has 7 nitrogen and oxygen atoms in total. The molecule has 0 aliphatic carbocycles. The van der Waals surface area contributed by atoms with Crippen molar-refractivity contribution >= 4 is 11.7 Å². The number of piperazine rings is 1. The fraction of sp³-hybridized carbons (Fsp3) is 0.500. The Kier molecular flexibility index (Phi) is 5.29. The molecule has 0 aromatic carbocycles. The topological polar surface area (TPSA) is 82.6 Å². The number of fused-ring (bicyclic) bond motifs is 1. The number of nitrogens with zero attached hydrogens (tertiary/aromatic N) is 4. The van der Waals surface area contributed by atoms with Crippen molar-refractivity contribution in [2.24, 2.45) is 0 Å². The summed E-state index contributed by atoms with van der Waals surface area (Å²) in [6.45, 7) is 9.29. The fourth-order valence-corrected chi connectivity index (χ4v) is 4.29. The van der Waals surface area contributed by atoms with E-state index in [1.165, 1.54) is 12.5 Å². The molecule has 0 spiro atoms. The van der Waals surface area contributed by atoms with Crippen molar-refractivity contribution in [2.75, 3.05) is 31.1 Å². The van der Waals surface area contributed by atoms with Gasteiger partial charge in [0, 0.05) is 31.2 Å². The summed E-state index contributed by atoms with van der Waals surface area (Å²) in [5.74, 6) is 0.974. The highest BCUT2D eigenvalue weighted by Gasteiger charge is 2.32. The van der Waals surface area contributed by atoms with Gasteiger partial charge >= 0.3 is 0 Å². The molecule has 29 heavy (non-hydrogen) atoms. The highest BCUT2D eigenvalue weighted by molar-refractivity contribution is 5.94. The Bertz CT molecular complexity index is 946. The molecule has 0 radical (unpaired) electrons. The van der Waals surface area contributed by atoms with E-state index in [2.05, 4.69) is 24.8 Å². The predicted molar refractivity (Wildman–Crippen MR) is 108 cm³/mol. The maximum Gasteiger partial charge on any atom is 0.257 e. The Labute approximate surface area is 170 Å². The molecule has 7 heteroatoms. The van der Waals surface area contributed by atoms with Crippen molar-refractivity contribution in [1.82, 2.24) is 9.88 Å². The van der Waals surface area contributed by atoms with Gasteiger partial charge in [0.2, 0.25) is 0 Å². The van der Waals surface area contributed by atoms with Crippen LogP contribution in [0.5, 0.6) is 0 Å². The average molecular weight is 394 g/mol. The molecule has 2 aliphatic rings. The highest BCUT2D eigenvalue weighted by atomic mass is 16.5. The Morgan fingerprint density at radius 1 is 1.34 bits per heavy atom. The number of pyridine rings is 1. The summed E-state index contributed by atoms with van der Waals surface area (Å²) in [5.41, 5.74) is 4.40. The summed E-state index contributed by atoms with van der Waals surface area (Å²) in [4.78, 5) is 21.7.